The molecule has 0 aliphatic rings. The van der Waals surface area contributed by atoms with Crippen LogP contribution in [0.5, 0.6) is 5.75 Å². The maximum absolute atomic E-state index is 9.22. The van der Waals surface area contributed by atoms with Crippen LogP contribution >= 0.6 is 31.9 Å². The SMILES string of the molecule is CCC(CO)NCc1cc(Br)cc(Br)c1OC(C)C. The first kappa shape index (κ1) is 17.0. The van der Waals surface area contributed by atoms with E-state index in [-0.39, 0.29) is 18.8 Å². The number of benzene rings is 1. The highest BCUT2D eigenvalue weighted by Crippen LogP contribution is 2.33. The zero-order chi connectivity index (χ0) is 14.4. The molecule has 0 fully saturated rings. The standard InChI is InChI=1S/C14H21Br2NO2/c1-4-12(8-18)17-7-10-5-11(15)6-13(16)14(10)19-9(2)3/h5-6,9,12,17-18H,4,7-8H2,1-3H3. The van der Waals surface area contributed by atoms with Gasteiger partial charge in [0.1, 0.15) is 5.75 Å². The van der Waals surface area contributed by atoms with E-state index in [9.17, 15) is 5.11 Å². The van der Waals surface area contributed by atoms with Gasteiger partial charge in [-0.15, -0.1) is 0 Å². The van der Waals surface area contributed by atoms with Gasteiger partial charge in [0.05, 0.1) is 17.2 Å². The minimum atomic E-state index is 0.115. The van der Waals surface area contributed by atoms with Crippen molar-refractivity contribution >= 4 is 31.9 Å². The Morgan fingerprint density at radius 3 is 2.53 bits per heavy atom. The minimum absolute atomic E-state index is 0.115. The monoisotopic (exact) mass is 393 g/mol. The van der Waals surface area contributed by atoms with Crippen LogP contribution < -0.4 is 10.1 Å². The maximum Gasteiger partial charge on any atom is 0.138 e. The molecule has 0 saturated heterocycles. The van der Waals surface area contributed by atoms with Gasteiger partial charge in [0.15, 0.2) is 0 Å². The fourth-order valence-electron chi connectivity index (χ4n) is 1.70. The average molecular weight is 395 g/mol. The number of aliphatic hydroxyl groups is 1. The largest absolute Gasteiger partial charge is 0.489 e. The van der Waals surface area contributed by atoms with Crippen LogP contribution in [0.4, 0.5) is 0 Å². The first-order chi connectivity index (χ1) is 8.97. The molecule has 1 atom stereocenters. The van der Waals surface area contributed by atoms with E-state index in [2.05, 4.69) is 44.1 Å². The summed E-state index contributed by atoms with van der Waals surface area (Å²) in [6.45, 7) is 6.88. The van der Waals surface area contributed by atoms with Gasteiger partial charge in [0, 0.05) is 22.6 Å². The second kappa shape index (κ2) is 8.25. The molecule has 0 spiro atoms. The van der Waals surface area contributed by atoms with Crippen LogP contribution in [-0.4, -0.2) is 23.9 Å². The van der Waals surface area contributed by atoms with Gasteiger partial charge in [0.2, 0.25) is 0 Å². The van der Waals surface area contributed by atoms with Crippen molar-refractivity contribution in [3.05, 3.63) is 26.6 Å². The summed E-state index contributed by atoms with van der Waals surface area (Å²) in [5.74, 6) is 0.860. The Morgan fingerprint density at radius 2 is 2.00 bits per heavy atom. The zero-order valence-corrected chi connectivity index (χ0v) is 14.7. The van der Waals surface area contributed by atoms with Gasteiger partial charge in [0.25, 0.3) is 0 Å². The molecular formula is C14H21Br2NO2. The maximum atomic E-state index is 9.22. The highest BCUT2D eigenvalue weighted by atomic mass is 79.9. The molecule has 5 heteroatoms. The van der Waals surface area contributed by atoms with Crippen LogP contribution in [-0.2, 0) is 6.54 Å². The zero-order valence-electron chi connectivity index (χ0n) is 11.5. The Morgan fingerprint density at radius 1 is 1.32 bits per heavy atom. The molecule has 1 aromatic rings. The van der Waals surface area contributed by atoms with Gasteiger partial charge in [-0.25, -0.2) is 0 Å². The van der Waals surface area contributed by atoms with E-state index in [0.717, 1.165) is 26.7 Å². The van der Waals surface area contributed by atoms with Crippen molar-refractivity contribution in [1.82, 2.24) is 5.32 Å². The molecule has 1 aromatic carbocycles. The lowest BCUT2D eigenvalue weighted by molar-refractivity contribution is 0.229. The van der Waals surface area contributed by atoms with Crippen molar-refractivity contribution in [2.45, 2.75) is 45.9 Å². The third-order valence-corrected chi connectivity index (χ3v) is 3.78. The van der Waals surface area contributed by atoms with Crippen molar-refractivity contribution < 1.29 is 9.84 Å². The minimum Gasteiger partial charge on any atom is -0.489 e. The van der Waals surface area contributed by atoms with Gasteiger partial charge >= 0.3 is 0 Å². The molecule has 108 valence electrons. The first-order valence-corrected chi connectivity index (χ1v) is 8.05. The first-order valence-electron chi connectivity index (χ1n) is 6.46. The Labute approximate surface area is 132 Å². The van der Waals surface area contributed by atoms with Crippen molar-refractivity contribution in [3.63, 3.8) is 0 Å². The molecular weight excluding hydrogens is 374 g/mol. The summed E-state index contributed by atoms with van der Waals surface area (Å²) in [5.41, 5.74) is 1.07. The molecule has 0 saturated carbocycles. The van der Waals surface area contributed by atoms with Gasteiger partial charge in [-0.05, 0) is 48.3 Å². The number of hydrogen-bond acceptors (Lipinski definition) is 3. The Bertz CT molecular complexity index is 407. The number of nitrogens with one attached hydrogen (secondary N) is 1. The van der Waals surface area contributed by atoms with Crippen molar-refractivity contribution in [2.75, 3.05) is 6.61 Å². The highest BCUT2D eigenvalue weighted by molar-refractivity contribution is 9.11. The van der Waals surface area contributed by atoms with E-state index in [0.29, 0.717) is 6.54 Å². The number of rotatable bonds is 7. The summed E-state index contributed by atoms with van der Waals surface area (Å²) >= 11 is 7.03. The number of aliphatic hydroxyl groups excluding tert-OH is 1. The van der Waals surface area contributed by atoms with E-state index in [1.807, 2.05) is 26.0 Å². The van der Waals surface area contributed by atoms with E-state index in [4.69, 9.17) is 4.74 Å². The van der Waals surface area contributed by atoms with Gasteiger partial charge in [-0.1, -0.05) is 22.9 Å². The molecule has 0 aliphatic heterocycles. The second-order valence-electron chi connectivity index (χ2n) is 4.71. The molecule has 0 aromatic heterocycles. The molecule has 0 aliphatic carbocycles. The van der Waals surface area contributed by atoms with Crippen molar-refractivity contribution in [1.29, 1.82) is 0 Å². The number of halogens is 2. The summed E-state index contributed by atoms with van der Waals surface area (Å²) in [5, 5.41) is 12.5. The van der Waals surface area contributed by atoms with Gasteiger partial charge < -0.3 is 15.2 Å². The Kier molecular flexibility index (Phi) is 7.36. The van der Waals surface area contributed by atoms with E-state index in [1.54, 1.807) is 0 Å². The van der Waals surface area contributed by atoms with Crippen LogP contribution in [0.15, 0.2) is 21.1 Å². The molecule has 0 heterocycles. The average Bonchev–Trinajstić information content (AvgIpc) is 2.34. The molecule has 1 unspecified atom stereocenters. The molecule has 0 amide bonds. The fourth-order valence-corrected chi connectivity index (χ4v) is 3.11. The Hall–Kier alpha value is -0.100. The van der Waals surface area contributed by atoms with Crippen LogP contribution in [0, 0.1) is 0 Å². The second-order valence-corrected chi connectivity index (χ2v) is 6.48. The van der Waals surface area contributed by atoms with E-state index >= 15 is 0 Å². The quantitative estimate of drug-likeness (QED) is 0.737. The lowest BCUT2D eigenvalue weighted by atomic mass is 10.1. The van der Waals surface area contributed by atoms with Gasteiger partial charge in [-0.3, -0.25) is 0 Å². The van der Waals surface area contributed by atoms with Crippen LogP contribution in [0.25, 0.3) is 0 Å². The molecule has 3 nitrogen and oxygen atoms in total. The number of hydrogen-bond donors (Lipinski definition) is 2. The fraction of sp³-hybridized carbons (Fsp3) is 0.571. The molecule has 0 bridgehead atoms. The normalized spacial score (nSPS) is 12.8. The Balaban J connectivity index is 2.90. The molecule has 2 N–H and O–H groups in total. The summed E-state index contributed by atoms with van der Waals surface area (Å²) in [6.07, 6.45) is 1.02. The summed E-state index contributed by atoms with van der Waals surface area (Å²) in [4.78, 5) is 0. The van der Waals surface area contributed by atoms with Crippen LogP contribution in [0.3, 0.4) is 0 Å². The topological polar surface area (TPSA) is 41.5 Å². The van der Waals surface area contributed by atoms with Crippen LogP contribution in [0.1, 0.15) is 32.8 Å². The lowest BCUT2D eigenvalue weighted by Crippen LogP contribution is -2.31. The summed E-state index contributed by atoms with van der Waals surface area (Å²) in [6, 6.07) is 4.13. The van der Waals surface area contributed by atoms with Crippen molar-refractivity contribution in [2.24, 2.45) is 0 Å². The predicted molar refractivity (Wildman–Crippen MR) is 85.6 cm³/mol. The van der Waals surface area contributed by atoms with E-state index in [1.165, 1.54) is 0 Å². The van der Waals surface area contributed by atoms with Crippen LogP contribution in [0.2, 0.25) is 0 Å². The van der Waals surface area contributed by atoms with Crippen molar-refractivity contribution in [3.8, 4) is 5.75 Å². The van der Waals surface area contributed by atoms with E-state index < -0.39 is 0 Å². The lowest BCUT2D eigenvalue weighted by Gasteiger charge is -2.19. The third kappa shape index (κ3) is 5.42. The third-order valence-electron chi connectivity index (χ3n) is 2.73. The highest BCUT2D eigenvalue weighted by Gasteiger charge is 2.13. The summed E-state index contributed by atoms with van der Waals surface area (Å²) in [7, 11) is 0. The molecule has 19 heavy (non-hydrogen) atoms. The van der Waals surface area contributed by atoms with Gasteiger partial charge in [-0.2, -0.15) is 0 Å². The molecule has 0 radical (unpaired) electrons. The predicted octanol–water partition coefficient (Wildman–Crippen LogP) is 3.86. The molecule has 1 rings (SSSR count). The number of ether oxygens (including phenoxy) is 1. The summed E-state index contributed by atoms with van der Waals surface area (Å²) < 4.78 is 7.80. The smallest absolute Gasteiger partial charge is 0.138 e.